The fourth-order valence-electron chi connectivity index (χ4n) is 4.57. The van der Waals surface area contributed by atoms with Gasteiger partial charge in [0.2, 0.25) is 10.0 Å². The van der Waals surface area contributed by atoms with Gasteiger partial charge in [0.1, 0.15) is 5.75 Å². The van der Waals surface area contributed by atoms with Gasteiger partial charge in [0.05, 0.1) is 35.7 Å². The first-order chi connectivity index (χ1) is 15.9. The summed E-state index contributed by atoms with van der Waals surface area (Å²) in [6.07, 6.45) is 0.546. The van der Waals surface area contributed by atoms with E-state index in [2.05, 4.69) is 0 Å². The Morgan fingerprint density at radius 1 is 0.879 bits per heavy atom. The molecule has 0 radical (unpaired) electrons. The van der Waals surface area contributed by atoms with Gasteiger partial charge in [0, 0.05) is 6.54 Å². The lowest BCUT2D eigenvalue weighted by atomic mass is 9.94. The third-order valence-corrected chi connectivity index (χ3v) is 8.19. The Hall–Kier alpha value is -3.49. The molecule has 7 nitrogen and oxygen atoms in total. The monoisotopic (exact) mass is 462 g/mol. The lowest BCUT2D eigenvalue weighted by Crippen LogP contribution is -2.46. The molecule has 3 aromatic rings. The van der Waals surface area contributed by atoms with Gasteiger partial charge in [-0.1, -0.05) is 36.4 Å². The highest BCUT2D eigenvalue weighted by Gasteiger charge is 2.42. The smallest absolute Gasteiger partial charge is 0.261 e. The minimum atomic E-state index is -3.89. The summed E-state index contributed by atoms with van der Waals surface area (Å²) in [5.41, 5.74) is 2.50. The maximum Gasteiger partial charge on any atom is 0.261 e. The predicted octanol–water partition coefficient (Wildman–Crippen LogP) is 3.28. The van der Waals surface area contributed by atoms with Gasteiger partial charge in [-0.05, 0) is 53.9 Å². The van der Waals surface area contributed by atoms with Gasteiger partial charge in [0.15, 0.2) is 0 Å². The second-order valence-corrected chi connectivity index (χ2v) is 9.91. The Labute approximate surface area is 192 Å². The fraction of sp³-hybridized carbons (Fsp3) is 0.200. The molecule has 2 aliphatic rings. The van der Waals surface area contributed by atoms with Crippen LogP contribution in [0.4, 0.5) is 0 Å². The van der Waals surface area contributed by atoms with E-state index in [1.807, 2.05) is 24.3 Å². The number of hydrogen-bond acceptors (Lipinski definition) is 5. The minimum Gasteiger partial charge on any atom is -0.497 e. The van der Waals surface area contributed by atoms with Gasteiger partial charge in [0.25, 0.3) is 11.8 Å². The number of amides is 2. The molecule has 0 fully saturated rings. The number of rotatable bonds is 5. The van der Waals surface area contributed by atoms with Crippen LogP contribution < -0.4 is 4.74 Å². The van der Waals surface area contributed by atoms with E-state index >= 15 is 0 Å². The topological polar surface area (TPSA) is 84.0 Å². The van der Waals surface area contributed by atoms with Crippen molar-refractivity contribution >= 4 is 21.8 Å². The molecule has 0 saturated heterocycles. The molecule has 5 rings (SSSR count). The normalized spacial score (nSPS) is 18.2. The van der Waals surface area contributed by atoms with Crippen LogP contribution in [-0.2, 0) is 16.4 Å². The summed E-state index contributed by atoms with van der Waals surface area (Å²) in [5, 5.41) is 0. The maximum absolute atomic E-state index is 13.7. The number of hydrogen-bond donors (Lipinski definition) is 0. The highest BCUT2D eigenvalue weighted by atomic mass is 32.2. The van der Waals surface area contributed by atoms with Crippen molar-refractivity contribution in [3.8, 4) is 5.75 Å². The van der Waals surface area contributed by atoms with Crippen molar-refractivity contribution < 1.29 is 22.7 Å². The Bertz CT molecular complexity index is 1320. The zero-order chi connectivity index (χ0) is 23.2. The van der Waals surface area contributed by atoms with Crippen molar-refractivity contribution in [3.05, 3.63) is 95.1 Å². The zero-order valence-electron chi connectivity index (χ0n) is 18.0. The van der Waals surface area contributed by atoms with Crippen LogP contribution in [0.1, 0.15) is 37.9 Å². The molecule has 0 unspecified atom stereocenters. The number of imide groups is 1. The Morgan fingerprint density at radius 3 is 2.12 bits per heavy atom. The number of methoxy groups -OCH3 is 1. The highest BCUT2D eigenvalue weighted by molar-refractivity contribution is 7.89. The van der Waals surface area contributed by atoms with Crippen molar-refractivity contribution in [1.82, 2.24) is 9.21 Å². The molecule has 1 atom stereocenters. The molecule has 0 spiro atoms. The van der Waals surface area contributed by atoms with E-state index in [0.717, 1.165) is 16.0 Å². The molecule has 168 valence electrons. The largest absolute Gasteiger partial charge is 0.497 e. The van der Waals surface area contributed by atoms with Gasteiger partial charge in [-0.2, -0.15) is 4.31 Å². The molecule has 8 heteroatoms. The summed E-state index contributed by atoms with van der Waals surface area (Å²) in [7, 11) is -2.38. The molecule has 0 bridgehead atoms. The number of sulfonamides is 1. The van der Waals surface area contributed by atoms with Crippen LogP contribution in [0.5, 0.6) is 5.75 Å². The third kappa shape index (κ3) is 3.51. The quantitative estimate of drug-likeness (QED) is 0.544. The number of carbonyl (C=O) groups is 2. The average molecular weight is 463 g/mol. The van der Waals surface area contributed by atoms with Gasteiger partial charge >= 0.3 is 0 Å². The third-order valence-electron chi connectivity index (χ3n) is 6.26. The van der Waals surface area contributed by atoms with E-state index in [0.29, 0.717) is 23.3 Å². The lowest BCUT2D eigenvalue weighted by Gasteiger charge is -2.37. The van der Waals surface area contributed by atoms with Crippen molar-refractivity contribution in [1.29, 1.82) is 0 Å². The highest BCUT2D eigenvalue weighted by Crippen LogP contribution is 2.36. The molecule has 3 aromatic carbocycles. The molecule has 0 saturated carbocycles. The van der Waals surface area contributed by atoms with Crippen LogP contribution in [0.2, 0.25) is 0 Å². The fourth-order valence-corrected chi connectivity index (χ4v) is 6.16. The van der Waals surface area contributed by atoms with Gasteiger partial charge in [-0.3, -0.25) is 14.5 Å². The standard InChI is InChI=1S/C25H22N2O5S/c1-32-18-10-12-19(13-11-18)33(30,31)27-15-14-17-6-2-3-7-20(17)23(27)16-26-24(28)21-8-4-5-9-22(21)25(26)29/h2-13,23H,14-16H2,1H3/t23-/m1/s1. The molecule has 2 amide bonds. The Morgan fingerprint density at radius 2 is 1.48 bits per heavy atom. The molecule has 0 N–H and O–H groups in total. The molecule has 0 aromatic heterocycles. The summed E-state index contributed by atoms with van der Waals surface area (Å²) < 4.78 is 33.9. The summed E-state index contributed by atoms with van der Waals surface area (Å²) in [6.45, 7) is 0.192. The van der Waals surface area contributed by atoms with E-state index in [4.69, 9.17) is 4.74 Å². The van der Waals surface area contributed by atoms with Crippen LogP contribution in [0.15, 0.2) is 77.7 Å². The van der Waals surface area contributed by atoms with Crippen LogP contribution in [0.3, 0.4) is 0 Å². The number of nitrogens with zero attached hydrogens (tertiary/aromatic N) is 2. The second kappa shape index (κ2) is 8.13. The van der Waals surface area contributed by atoms with Crippen LogP contribution in [0, 0.1) is 0 Å². The van der Waals surface area contributed by atoms with E-state index in [-0.39, 0.29) is 18.0 Å². The summed E-state index contributed by atoms with van der Waals surface area (Å²) >= 11 is 0. The van der Waals surface area contributed by atoms with Gasteiger partial charge in [-0.25, -0.2) is 8.42 Å². The lowest BCUT2D eigenvalue weighted by molar-refractivity contribution is 0.0616. The number of fused-ring (bicyclic) bond motifs is 2. The first kappa shape index (κ1) is 21.4. The molecular weight excluding hydrogens is 440 g/mol. The molecule has 0 aliphatic carbocycles. The number of benzene rings is 3. The van der Waals surface area contributed by atoms with Crippen molar-refractivity contribution in [2.45, 2.75) is 17.4 Å². The molecule has 2 heterocycles. The zero-order valence-corrected chi connectivity index (χ0v) is 18.8. The first-order valence-corrected chi connectivity index (χ1v) is 12.0. The van der Waals surface area contributed by atoms with Crippen LogP contribution in [-0.4, -0.2) is 49.6 Å². The van der Waals surface area contributed by atoms with E-state index in [9.17, 15) is 18.0 Å². The van der Waals surface area contributed by atoms with Crippen molar-refractivity contribution in [2.24, 2.45) is 0 Å². The average Bonchev–Trinajstić information content (AvgIpc) is 3.09. The summed E-state index contributed by atoms with van der Waals surface area (Å²) in [5.74, 6) is -0.249. The van der Waals surface area contributed by atoms with Crippen LogP contribution in [0.25, 0.3) is 0 Å². The Balaban J connectivity index is 1.55. The first-order valence-electron chi connectivity index (χ1n) is 10.6. The van der Waals surface area contributed by atoms with Crippen molar-refractivity contribution in [2.75, 3.05) is 20.2 Å². The minimum absolute atomic E-state index is 0.0568. The van der Waals surface area contributed by atoms with E-state index in [1.165, 1.54) is 23.5 Å². The second-order valence-electron chi connectivity index (χ2n) is 8.02. The van der Waals surface area contributed by atoms with Crippen LogP contribution >= 0.6 is 0 Å². The number of carbonyl (C=O) groups excluding carboxylic acids is 2. The Kier molecular flexibility index (Phi) is 5.26. The molecule has 33 heavy (non-hydrogen) atoms. The predicted molar refractivity (Wildman–Crippen MR) is 122 cm³/mol. The van der Waals surface area contributed by atoms with Crippen molar-refractivity contribution in [3.63, 3.8) is 0 Å². The maximum atomic E-state index is 13.7. The summed E-state index contributed by atoms with van der Waals surface area (Å²) in [6, 6.07) is 19.8. The SMILES string of the molecule is COc1ccc(S(=O)(=O)N2CCc3ccccc3[C@H]2CN2C(=O)c3ccccc3C2=O)cc1. The summed E-state index contributed by atoms with van der Waals surface area (Å²) in [4.78, 5) is 27.3. The van der Waals surface area contributed by atoms with Gasteiger partial charge < -0.3 is 4.74 Å². The van der Waals surface area contributed by atoms with Gasteiger partial charge in [-0.15, -0.1) is 0 Å². The molecule has 2 aliphatic heterocycles. The number of ether oxygens (including phenoxy) is 1. The van der Waals surface area contributed by atoms with E-state index < -0.39 is 27.9 Å². The molecular formula is C25H22N2O5S. The van der Waals surface area contributed by atoms with E-state index in [1.54, 1.807) is 36.4 Å².